The third-order valence-electron chi connectivity index (χ3n) is 3.50. The van der Waals surface area contributed by atoms with Crippen LogP contribution in [0.25, 0.3) is 0 Å². The Kier molecular flexibility index (Phi) is 4.36. The molecular weight excluding hydrogens is 290 g/mol. The highest BCUT2D eigenvalue weighted by Crippen LogP contribution is 2.24. The highest BCUT2D eigenvalue weighted by molar-refractivity contribution is 6.18. The van der Waals surface area contributed by atoms with Crippen molar-refractivity contribution in [3.63, 3.8) is 0 Å². The highest BCUT2D eigenvalue weighted by Gasteiger charge is 2.35. The molecule has 5 nitrogen and oxygen atoms in total. The zero-order valence-corrected chi connectivity index (χ0v) is 14.1. The van der Waals surface area contributed by atoms with Crippen molar-refractivity contribution in [3.8, 4) is 0 Å². The van der Waals surface area contributed by atoms with Gasteiger partial charge in [-0.3, -0.25) is 4.79 Å². The second-order valence-electron chi connectivity index (χ2n) is 7.13. The van der Waals surface area contributed by atoms with E-state index in [1.807, 2.05) is 39.5 Å². The Balaban J connectivity index is 2.40. The molecule has 1 fully saturated rings. The largest absolute Gasteiger partial charge is 0.367 e. The van der Waals surface area contributed by atoms with Crippen molar-refractivity contribution in [2.24, 2.45) is 0 Å². The van der Waals surface area contributed by atoms with Crippen LogP contribution in [-0.2, 0) is 10.3 Å². The molecule has 1 aromatic heterocycles. The molecule has 1 unspecified atom stereocenters. The number of hydrogen-bond acceptors (Lipinski definition) is 4. The zero-order chi connectivity index (χ0) is 15.8. The Bertz CT molecular complexity index is 563. The first-order valence-corrected chi connectivity index (χ1v) is 7.74. The van der Waals surface area contributed by atoms with Gasteiger partial charge in [-0.1, -0.05) is 0 Å². The second-order valence-corrected chi connectivity index (χ2v) is 7.44. The van der Waals surface area contributed by atoms with Gasteiger partial charge in [0.15, 0.2) is 5.82 Å². The average Bonchev–Trinajstić information content (AvgIpc) is 2.35. The molecule has 0 aromatic carbocycles. The molecule has 0 amide bonds. The molecule has 1 aromatic rings. The molecule has 1 atom stereocenters. The summed E-state index contributed by atoms with van der Waals surface area (Å²) < 4.78 is 7.62. The molecule has 0 aliphatic carbocycles. The summed E-state index contributed by atoms with van der Waals surface area (Å²) in [5, 5.41) is 0. The predicted octanol–water partition coefficient (Wildman–Crippen LogP) is 2.22. The first-order chi connectivity index (χ1) is 9.64. The molecule has 1 aliphatic heterocycles. The quantitative estimate of drug-likeness (QED) is 0.786. The van der Waals surface area contributed by atoms with Crippen LogP contribution in [0.2, 0.25) is 0 Å². The van der Waals surface area contributed by atoms with Crippen LogP contribution in [0.1, 0.15) is 34.6 Å². The molecule has 118 valence electrons. The van der Waals surface area contributed by atoms with Gasteiger partial charge in [-0.25, -0.2) is 4.98 Å². The Morgan fingerprint density at radius 3 is 2.71 bits per heavy atom. The van der Waals surface area contributed by atoms with E-state index in [1.54, 1.807) is 17.0 Å². The lowest BCUT2D eigenvalue weighted by atomic mass is 10.1. The van der Waals surface area contributed by atoms with E-state index in [0.717, 1.165) is 0 Å². The zero-order valence-electron chi connectivity index (χ0n) is 13.4. The number of morpholine rings is 1. The first-order valence-electron chi connectivity index (χ1n) is 7.21. The molecule has 0 spiro atoms. The summed E-state index contributed by atoms with van der Waals surface area (Å²) in [4.78, 5) is 19.0. The maximum absolute atomic E-state index is 12.7. The van der Waals surface area contributed by atoms with Crippen LogP contribution < -0.4 is 10.5 Å². The van der Waals surface area contributed by atoms with Gasteiger partial charge in [0.25, 0.3) is 5.56 Å². The van der Waals surface area contributed by atoms with Crippen LogP contribution in [-0.4, -0.2) is 40.2 Å². The van der Waals surface area contributed by atoms with Crippen LogP contribution in [0, 0.1) is 0 Å². The fraction of sp³-hybridized carbons (Fsp3) is 0.733. The fourth-order valence-electron chi connectivity index (χ4n) is 2.68. The van der Waals surface area contributed by atoms with Gasteiger partial charge in [-0.2, -0.15) is 0 Å². The number of aromatic nitrogens is 2. The summed E-state index contributed by atoms with van der Waals surface area (Å²) in [6.45, 7) is 11.2. The van der Waals surface area contributed by atoms with Crippen molar-refractivity contribution < 1.29 is 4.74 Å². The van der Waals surface area contributed by atoms with Crippen LogP contribution in [0.3, 0.4) is 0 Å². The van der Waals surface area contributed by atoms with E-state index in [-0.39, 0.29) is 22.8 Å². The van der Waals surface area contributed by atoms with Gasteiger partial charge in [0, 0.05) is 31.0 Å². The van der Waals surface area contributed by atoms with Gasteiger partial charge in [0.2, 0.25) is 0 Å². The maximum Gasteiger partial charge on any atom is 0.293 e. The van der Waals surface area contributed by atoms with Crippen molar-refractivity contribution in [2.75, 3.05) is 23.9 Å². The van der Waals surface area contributed by atoms with E-state index in [9.17, 15) is 4.79 Å². The van der Waals surface area contributed by atoms with E-state index in [2.05, 4.69) is 4.98 Å². The maximum atomic E-state index is 12.7. The monoisotopic (exact) mass is 313 g/mol. The summed E-state index contributed by atoms with van der Waals surface area (Å²) in [6, 6.07) is 0. The van der Waals surface area contributed by atoms with Gasteiger partial charge in [0.1, 0.15) is 0 Å². The minimum Gasteiger partial charge on any atom is -0.367 e. The smallest absolute Gasteiger partial charge is 0.293 e. The Labute approximate surface area is 130 Å². The SMILES string of the molecule is CC1(C)CN(c2nccn(C(C)(C)C)c2=O)CC(CCl)O1. The van der Waals surface area contributed by atoms with Crippen LogP contribution in [0.5, 0.6) is 0 Å². The molecule has 0 N–H and O–H groups in total. The normalized spacial score (nSPS) is 22.4. The Morgan fingerprint density at radius 2 is 2.14 bits per heavy atom. The third-order valence-corrected chi connectivity index (χ3v) is 3.84. The Hall–Kier alpha value is -1.07. The summed E-state index contributed by atoms with van der Waals surface area (Å²) >= 11 is 5.95. The van der Waals surface area contributed by atoms with E-state index in [1.165, 1.54) is 0 Å². The number of rotatable bonds is 2. The molecule has 2 rings (SSSR count). The first kappa shape index (κ1) is 16.3. The van der Waals surface area contributed by atoms with E-state index in [4.69, 9.17) is 16.3 Å². The molecule has 1 aliphatic rings. The molecule has 0 radical (unpaired) electrons. The van der Waals surface area contributed by atoms with Gasteiger partial charge < -0.3 is 14.2 Å². The number of alkyl halides is 1. The lowest BCUT2D eigenvalue weighted by molar-refractivity contribution is -0.0737. The molecular formula is C15H24ClN3O2. The van der Waals surface area contributed by atoms with Gasteiger partial charge >= 0.3 is 0 Å². The van der Waals surface area contributed by atoms with Crippen LogP contribution in [0.15, 0.2) is 17.2 Å². The summed E-state index contributed by atoms with van der Waals surface area (Å²) in [7, 11) is 0. The lowest BCUT2D eigenvalue weighted by Crippen LogP contribution is -2.55. The summed E-state index contributed by atoms with van der Waals surface area (Å²) in [5.41, 5.74) is -0.701. The molecule has 0 saturated carbocycles. The van der Waals surface area contributed by atoms with E-state index in [0.29, 0.717) is 24.8 Å². The number of anilines is 1. The predicted molar refractivity (Wildman–Crippen MR) is 85.4 cm³/mol. The van der Waals surface area contributed by atoms with E-state index < -0.39 is 0 Å². The van der Waals surface area contributed by atoms with Crippen molar-refractivity contribution in [1.29, 1.82) is 0 Å². The second kappa shape index (κ2) is 5.61. The summed E-state index contributed by atoms with van der Waals surface area (Å²) in [6.07, 6.45) is 3.32. The minimum absolute atomic E-state index is 0.0731. The molecule has 21 heavy (non-hydrogen) atoms. The minimum atomic E-state index is -0.353. The molecule has 0 bridgehead atoms. The molecule has 1 saturated heterocycles. The lowest BCUT2D eigenvalue weighted by Gasteiger charge is -2.42. The van der Waals surface area contributed by atoms with Crippen molar-refractivity contribution in [3.05, 3.63) is 22.7 Å². The van der Waals surface area contributed by atoms with Crippen LogP contribution in [0.4, 0.5) is 5.82 Å². The molecule has 2 heterocycles. The number of nitrogens with zero attached hydrogens (tertiary/aromatic N) is 3. The van der Waals surface area contributed by atoms with E-state index >= 15 is 0 Å². The van der Waals surface area contributed by atoms with Crippen LogP contribution >= 0.6 is 11.6 Å². The number of halogens is 1. The molecule has 6 heteroatoms. The van der Waals surface area contributed by atoms with Crippen molar-refractivity contribution in [2.45, 2.75) is 51.9 Å². The Morgan fingerprint density at radius 1 is 1.48 bits per heavy atom. The standard InChI is InChI=1S/C15H24ClN3O2/c1-14(2,3)19-7-6-17-12(13(19)20)18-9-11(8-16)21-15(4,5)10-18/h6-7,11H,8-10H2,1-5H3. The fourth-order valence-corrected chi connectivity index (χ4v) is 2.84. The van der Waals surface area contributed by atoms with Gasteiger partial charge in [-0.05, 0) is 34.6 Å². The number of hydrogen-bond donors (Lipinski definition) is 0. The highest BCUT2D eigenvalue weighted by atomic mass is 35.5. The topological polar surface area (TPSA) is 47.4 Å². The van der Waals surface area contributed by atoms with Gasteiger partial charge in [-0.15, -0.1) is 11.6 Å². The van der Waals surface area contributed by atoms with Crippen molar-refractivity contribution >= 4 is 17.4 Å². The average molecular weight is 314 g/mol. The van der Waals surface area contributed by atoms with Gasteiger partial charge in [0.05, 0.1) is 17.6 Å². The number of ether oxygens (including phenoxy) is 1. The third kappa shape index (κ3) is 3.58. The summed E-state index contributed by atoms with van der Waals surface area (Å²) in [5.74, 6) is 0.874. The van der Waals surface area contributed by atoms with Crippen molar-refractivity contribution in [1.82, 2.24) is 9.55 Å².